The minimum Gasteiger partial charge on any atom is -0.218 e. The molecular weight excluding hydrogens is 114 g/mol. The summed E-state index contributed by atoms with van der Waals surface area (Å²) in [5, 5.41) is 0. The monoisotopic (exact) mass is 122 g/mol. The fourth-order valence-corrected chi connectivity index (χ4v) is 0.306. The maximum atomic E-state index is 10.2. The van der Waals surface area contributed by atoms with Crippen LogP contribution in [-0.2, 0) is 10.0 Å². The number of sulfonamides is 1. The number of hydrogen-bond acceptors (Lipinski definition) is 2. The topological polar surface area (TPSA) is 46.2 Å². The van der Waals surface area contributed by atoms with Gasteiger partial charge in [0.1, 0.15) is 0 Å². The average Bonchev–Trinajstić information content (AvgIpc) is 1.68. The Morgan fingerprint density at radius 1 is 1.71 bits per heavy atom. The van der Waals surface area contributed by atoms with E-state index in [0.717, 1.165) is 0 Å². The van der Waals surface area contributed by atoms with Crippen LogP contribution in [0.3, 0.4) is 0 Å². The van der Waals surface area contributed by atoms with Gasteiger partial charge in [-0.15, -0.1) is 0 Å². The van der Waals surface area contributed by atoms with E-state index < -0.39 is 10.0 Å². The molecule has 4 heteroatoms. The Bertz CT molecular complexity index is 116. The first-order chi connectivity index (χ1) is 3.12. The Morgan fingerprint density at radius 2 is 2.14 bits per heavy atom. The molecule has 0 heterocycles. The highest BCUT2D eigenvalue weighted by atomic mass is 32.2. The molecule has 0 rings (SSSR count). The minimum atomic E-state index is -3.02. The van der Waals surface area contributed by atoms with Crippen molar-refractivity contribution in [2.24, 2.45) is 0 Å². The Kier molecular flexibility index (Phi) is 2.25. The quantitative estimate of drug-likeness (QED) is 0.530. The van der Waals surface area contributed by atoms with Gasteiger partial charge in [-0.3, -0.25) is 0 Å². The lowest BCUT2D eigenvalue weighted by atomic mass is 11.0. The summed E-state index contributed by atoms with van der Waals surface area (Å²) in [6.07, 6.45) is 0. The second-order valence-corrected chi connectivity index (χ2v) is 3.07. The van der Waals surface area contributed by atoms with E-state index in [9.17, 15) is 8.42 Å². The van der Waals surface area contributed by atoms with Crippen LogP contribution in [0.1, 0.15) is 0 Å². The summed E-state index contributed by atoms with van der Waals surface area (Å²) < 4.78 is 22.5. The fraction of sp³-hybridized carbons (Fsp3) is 0.667. The van der Waals surface area contributed by atoms with Crippen molar-refractivity contribution >= 4 is 10.0 Å². The van der Waals surface area contributed by atoms with Gasteiger partial charge < -0.3 is 0 Å². The van der Waals surface area contributed by atoms with Crippen molar-refractivity contribution in [1.82, 2.24) is 4.72 Å². The van der Waals surface area contributed by atoms with E-state index >= 15 is 0 Å². The summed E-state index contributed by atoms with van der Waals surface area (Å²) in [5.74, 6) is -0.0938. The predicted molar refractivity (Wildman–Crippen MR) is 28.2 cm³/mol. The van der Waals surface area contributed by atoms with Gasteiger partial charge in [0, 0.05) is 0 Å². The molecule has 7 heavy (non-hydrogen) atoms. The maximum absolute atomic E-state index is 10.2. The highest BCUT2D eigenvalue weighted by Gasteiger charge is 1.97. The van der Waals surface area contributed by atoms with Gasteiger partial charge >= 0.3 is 0 Å². The van der Waals surface area contributed by atoms with Crippen LogP contribution < -0.4 is 4.72 Å². The molecule has 0 aromatic rings. The summed E-state index contributed by atoms with van der Waals surface area (Å²) in [7, 11) is -1.66. The van der Waals surface area contributed by atoms with E-state index in [0.29, 0.717) is 0 Å². The molecule has 0 aromatic carbocycles. The minimum absolute atomic E-state index is 0.0938. The smallest absolute Gasteiger partial charge is 0.211 e. The van der Waals surface area contributed by atoms with Gasteiger partial charge in [-0.05, 0) is 14.0 Å². The molecule has 0 amide bonds. The maximum Gasteiger partial charge on any atom is 0.211 e. The molecule has 43 valence electrons. The molecular formula is C3H8NO2S. The van der Waals surface area contributed by atoms with Crippen LogP contribution in [0.15, 0.2) is 0 Å². The summed E-state index contributed by atoms with van der Waals surface area (Å²) in [6, 6.07) is 0. The third kappa shape index (κ3) is 2.59. The van der Waals surface area contributed by atoms with Crippen LogP contribution in [0, 0.1) is 6.92 Å². The number of hydrogen-bond donors (Lipinski definition) is 1. The van der Waals surface area contributed by atoms with Crippen molar-refractivity contribution in [2.75, 3.05) is 12.8 Å². The van der Waals surface area contributed by atoms with E-state index in [-0.39, 0.29) is 5.75 Å². The van der Waals surface area contributed by atoms with Crippen molar-refractivity contribution in [1.29, 1.82) is 0 Å². The summed E-state index contributed by atoms with van der Waals surface area (Å²) in [6.45, 7) is 3.18. The van der Waals surface area contributed by atoms with Crippen LogP contribution in [0.5, 0.6) is 0 Å². The Hall–Kier alpha value is -0.0900. The molecule has 0 atom stereocenters. The largest absolute Gasteiger partial charge is 0.218 e. The molecule has 0 aliphatic rings. The lowest BCUT2D eigenvalue weighted by Gasteiger charge is -1.92. The van der Waals surface area contributed by atoms with Crippen LogP contribution in [0.2, 0.25) is 0 Å². The van der Waals surface area contributed by atoms with Crippen molar-refractivity contribution in [3.8, 4) is 0 Å². The van der Waals surface area contributed by atoms with E-state index in [1.165, 1.54) is 7.05 Å². The molecule has 3 nitrogen and oxygen atoms in total. The zero-order valence-corrected chi connectivity index (χ0v) is 4.96. The van der Waals surface area contributed by atoms with E-state index in [2.05, 4.69) is 11.6 Å². The molecule has 0 aliphatic carbocycles. The second-order valence-electron chi connectivity index (χ2n) is 1.02. The van der Waals surface area contributed by atoms with E-state index in [1.54, 1.807) is 0 Å². The van der Waals surface area contributed by atoms with Gasteiger partial charge in [0.05, 0.1) is 5.75 Å². The van der Waals surface area contributed by atoms with Crippen LogP contribution in [0.25, 0.3) is 0 Å². The van der Waals surface area contributed by atoms with Gasteiger partial charge in [-0.2, -0.15) is 0 Å². The van der Waals surface area contributed by atoms with Gasteiger partial charge in [-0.1, -0.05) is 0 Å². The lowest BCUT2D eigenvalue weighted by Crippen LogP contribution is -2.20. The molecule has 0 unspecified atom stereocenters. The molecule has 0 bridgehead atoms. The van der Waals surface area contributed by atoms with Crippen molar-refractivity contribution < 1.29 is 8.42 Å². The molecule has 0 saturated carbocycles. The highest BCUT2D eigenvalue weighted by Crippen LogP contribution is 1.74. The van der Waals surface area contributed by atoms with E-state index in [1.807, 2.05) is 0 Å². The van der Waals surface area contributed by atoms with Crippen molar-refractivity contribution in [3.63, 3.8) is 0 Å². The average molecular weight is 122 g/mol. The van der Waals surface area contributed by atoms with Crippen LogP contribution in [0.4, 0.5) is 0 Å². The SMILES string of the molecule is [CH2]CS(=O)(=O)NC. The Balaban J connectivity index is 3.89. The molecule has 1 N–H and O–H groups in total. The Labute approximate surface area is 43.8 Å². The fourth-order valence-electron chi connectivity index (χ4n) is 0.102. The zero-order chi connectivity index (χ0) is 5.91. The van der Waals surface area contributed by atoms with Gasteiger partial charge in [0.2, 0.25) is 10.0 Å². The highest BCUT2D eigenvalue weighted by molar-refractivity contribution is 7.89. The molecule has 0 aliphatic heterocycles. The second kappa shape index (κ2) is 2.28. The lowest BCUT2D eigenvalue weighted by molar-refractivity contribution is 0.591. The zero-order valence-electron chi connectivity index (χ0n) is 4.14. The number of rotatable bonds is 2. The summed E-state index contributed by atoms with van der Waals surface area (Å²) in [4.78, 5) is 0. The van der Waals surface area contributed by atoms with Gasteiger partial charge in [-0.25, -0.2) is 13.1 Å². The van der Waals surface area contributed by atoms with Crippen molar-refractivity contribution in [3.05, 3.63) is 6.92 Å². The molecule has 1 radical (unpaired) electrons. The first-order valence-electron chi connectivity index (χ1n) is 1.83. The van der Waals surface area contributed by atoms with Crippen LogP contribution >= 0.6 is 0 Å². The summed E-state index contributed by atoms with van der Waals surface area (Å²) in [5.41, 5.74) is 0. The third-order valence-electron chi connectivity index (χ3n) is 0.580. The Morgan fingerprint density at radius 3 is 2.14 bits per heavy atom. The van der Waals surface area contributed by atoms with Crippen molar-refractivity contribution in [2.45, 2.75) is 0 Å². The van der Waals surface area contributed by atoms with E-state index in [4.69, 9.17) is 0 Å². The molecule has 0 saturated heterocycles. The van der Waals surface area contributed by atoms with Gasteiger partial charge in [0.15, 0.2) is 0 Å². The molecule has 0 fully saturated rings. The first-order valence-corrected chi connectivity index (χ1v) is 3.48. The van der Waals surface area contributed by atoms with Crippen LogP contribution in [-0.4, -0.2) is 21.2 Å². The third-order valence-corrected chi connectivity index (χ3v) is 1.74. The standard InChI is InChI=1S/C3H8NO2S/c1-3-7(5,6)4-2/h4H,1,3H2,2H3. The molecule has 0 aromatic heterocycles. The number of nitrogens with one attached hydrogen (secondary N) is 1. The predicted octanol–water partition coefficient (Wildman–Crippen LogP) is -0.630. The van der Waals surface area contributed by atoms with Gasteiger partial charge in [0.25, 0.3) is 0 Å². The first kappa shape index (κ1) is 6.91. The summed E-state index contributed by atoms with van der Waals surface area (Å²) >= 11 is 0. The molecule has 0 spiro atoms. The normalized spacial score (nSPS) is 11.7.